The Morgan fingerprint density at radius 3 is 2.61 bits per heavy atom. The fraction of sp³-hybridized carbons (Fsp3) is 0.167. The summed E-state index contributed by atoms with van der Waals surface area (Å²) in [5.74, 6) is 1.87. The fourth-order valence-electron chi connectivity index (χ4n) is 5.37. The molecule has 2 aliphatic rings. The highest BCUT2D eigenvalue weighted by Crippen LogP contribution is 2.49. The Morgan fingerprint density at radius 1 is 0.909 bits per heavy atom. The Balaban J connectivity index is 1.29. The standard InChI is InChI=1S/C30H26N2O/c1-33-29-18-15-20-7-2-3-8-23(20)27(29)19-31-22-16-13-21(14-17-22)30-26-11-6-10-24(26)25-9-4-5-12-28(25)32-30/h2-10,12-19,24,26,30,32H,11H2,1H3/t24-,26-,30-/m0/s1. The van der Waals surface area contributed by atoms with Crippen LogP contribution >= 0.6 is 0 Å². The molecular formula is C30H26N2O. The van der Waals surface area contributed by atoms with Gasteiger partial charge in [-0.25, -0.2) is 0 Å². The average molecular weight is 431 g/mol. The van der Waals surface area contributed by atoms with E-state index in [9.17, 15) is 0 Å². The highest BCUT2D eigenvalue weighted by atomic mass is 16.5. The van der Waals surface area contributed by atoms with Gasteiger partial charge < -0.3 is 10.1 Å². The topological polar surface area (TPSA) is 33.6 Å². The molecule has 0 unspecified atom stereocenters. The number of anilines is 1. The van der Waals surface area contributed by atoms with Crippen LogP contribution in [-0.2, 0) is 0 Å². The van der Waals surface area contributed by atoms with Crippen molar-refractivity contribution in [2.24, 2.45) is 10.9 Å². The summed E-state index contributed by atoms with van der Waals surface area (Å²) in [4.78, 5) is 4.79. The first kappa shape index (κ1) is 19.8. The number of methoxy groups -OCH3 is 1. The quantitative estimate of drug-likeness (QED) is 0.270. The van der Waals surface area contributed by atoms with E-state index in [0.717, 1.165) is 28.8 Å². The van der Waals surface area contributed by atoms with Crippen molar-refractivity contribution >= 4 is 28.4 Å². The summed E-state index contributed by atoms with van der Waals surface area (Å²) in [5.41, 5.74) is 5.92. The van der Waals surface area contributed by atoms with Gasteiger partial charge in [-0.2, -0.15) is 0 Å². The molecule has 0 spiro atoms. The van der Waals surface area contributed by atoms with Gasteiger partial charge in [-0.1, -0.05) is 72.8 Å². The Labute approximate surface area is 194 Å². The highest BCUT2D eigenvalue weighted by molar-refractivity contribution is 6.03. The van der Waals surface area contributed by atoms with Crippen LogP contribution in [0.1, 0.15) is 35.1 Å². The molecule has 1 aliphatic heterocycles. The Bertz CT molecular complexity index is 1370. The largest absolute Gasteiger partial charge is 0.496 e. The Morgan fingerprint density at radius 2 is 1.73 bits per heavy atom. The molecule has 3 nitrogen and oxygen atoms in total. The van der Waals surface area contributed by atoms with E-state index in [0.29, 0.717) is 17.9 Å². The van der Waals surface area contributed by atoms with Gasteiger partial charge >= 0.3 is 0 Å². The van der Waals surface area contributed by atoms with E-state index >= 15 is 0 Å². The molecule has 0 amide bonds. The van der Waals surface area contributed by atoms with E-state index in [1.54, 1.807) is 7.11 Å². The van der Waals surface area contributed by atoms with Crippen LogP contribution in [0, 0.1) is 5.92 Å². The second kappa shape index (κ2) is 8.25. The summed E-state index contributed by atoms with van der Waals surface area (Å²) >= 11 is 0. The van der Waals surface area contributed by atoms with Crippen LogP contribution in [0.25, 0.3) is 10.8 Å². The number of nitrogens with one attached hydrogen (secondary N) is 1. The van der Waals surface area contributed by atoms with Crippen LogP contribution in [-0.4, -0.2) is 13.3 Å². The zero-order valence-corrected chi connectivity index (χ0v) is 18.6. The minimum atomic E-state index is 0.302. The van der Waals surface area contributed by atoms with Gasteiger partial charge in [0.15, 0.2) is 0 Å². The number of benzene rings is 4. The lowest BCUT2D eigenvalue weighted by molar-refractivity contribution is 0.415. The molecule has 33 heavy (non-hydrogen) atoms. The lowest BCUT2D eigenvalue weighted by atomic mass is 9.77. The zero-order chi connectivity index (χ0) is 22.2. The molecular weight excluding hydrogens is 404 g/mol. The normalized spacial score (nSPS) is 21.1. The van der Waals surface area contributed by atoms with Crippen LogP contribution in [0.4, 0.5) is 11.4 Å². The number of fused-ring (bicyclic) bond motifs is 4. The van der Waals surface area contributed by atoms with Crippen molar-refractivity contribution in [2.45, 2.75) is 18.4 Å². The first-order chi connectivity index (χ1) is 16.3. The minimum absolute atomic E-state index is 0.302. The lowest BCUT2D eigenvalue weighted by Gasteiger charge is -2.37. The van der Waals surface area contributed by atoms with Crippen LogP contribution in [0.15, 0.2) is 102 Å². The summed E-state index contributed by atoms with van der Waals surface area (Å²) in [6, 6.07) is 30.1. The molecule has 4 aromatic rings. The predicted molar refractivity (Wildman–Crippen MR) is 137 cm³/mol. The van der Waals surface area contributed by atoms with Crippen molar-refractivity contribution in [3.05, 3.63) is 114 Å². The van der Waals surface area contributed by atoms with Crippen molar-refractivity contribution in [1.29, 1.82) is 0 Å². The summed E-state index contributed by atoms with van der Waals surface area (Å²) in [7, 11) is 1.71. The number of hydrogen-bond donors (Lipinski definition) is 1. The number of nitrogens with zero attached hydrogens (tertiary/aromatic N) is 1. The maximum atomic E-state index is 5.60. The summed E-state index contributed by atoms with van der Waals surface area (Å²) < 4.78 is 5.60. The number of allylic oxidation sites excluding steroid dienone is 2. The van der Waals surface area contributed by atoms with Crippen LogP contribution in [0.5, 0.6) is 5.75 Å². The monoisotopic (exact) mass is 430 g/mol. The minimum Gasteiger partial charge on any atom is -0.496 e. The van der Waals surface area contributed by atoms with E-state index in [4.69, 9.17) is 9.73 Å². The molecule has 3 atom stereocenters. The van der Waals surface area contributed by atoms with Gasteiger partial charge in [0.05, 0.1) is 18.8 Å². The van der Waals surface area contributed by atoms with Gasteiger partial charge in [0.2, 0.25) is 0 Å². The summed E-state index contributed by atoms with van der Waals surface area (Å²) in [6.45, 7) is 0. The van der Waals surface area contributed by atoms with Gasteiger partial charge in [0, 0.05) is 23.4 Å². The fourth-order valence-corrected chi connectivity index (χ4v) is 5.37. The molecule has 0 bridgehead atoms. The van der Waals surface area contributed by atoms with E-state index < -0.39 is 0 Å². The van der Waals surface area contributed by atoms with Gasteiger partial charge in [0.25, 0.3) is 0 Å². The Hall–Kier alpha value is -3.85. The maximum Gasteiger partial charge on any atom is 0.128 e. The zero-order valence-electron chi connectivity index (χ0n) is 18.6. The maximum absolute atomic E-state index is 5.60. The van der Waals surface area contributed by atoms with Crippen molar-refractivity contribution in [2.75, 3.05) is 12.4 Å². The van der Waals surface area contributed by atoms with Gasteiger partial charge in [0.1, 0.15) is 5.75 Å². The van der Waals surface area contributed by atoms with E-state index in [2.05, 4.69) is 90.3 Å². The third kappa shape index (κ3) is 3.50. The van der Waals surface area contributed by atoms with Crippen LogP contribution in [0.3, 0.4) is 0 Å². The highest BCUT2D eigenvalue weighted by Gasteiger charge is 2.37. The molecule has 4 aromatic carbocycles. The third-order valence-corrected chi connectivity index (χ3v) is 7.02. The average Bonchev–Trinajstić information content (AvgIpc) is 3.37. The third-order valence-electron chi connectivity index (χ3n) is 7.02. The van der Waals surface area contributed by atoms with Crippen LogP contribution < -0.4 is 10.1 Å². The molecule has 162 valence electrons. The summed E-state index contributed by atoms with van der Waals surface area (Å²) in [5, 5.41) is 6.12. The van der Waals surface area contributed by atoms with Gasteiger partial charge in [-0.3, -0.25) is 4.99 Å². The predicted octanol–water partition coefficient (Wildman–Crippen LogP) is 7.43. The van der Waals surface area contributed by atoms with Crippen molar-refractivity contribution in [3.63, 3.8) is 0 Å². The molecule has 0 saturated carbocycles. The SMILES string of the molecule is COc1ccc2ccccc2c1C=Nc1ccc([C@@H]2Nc3ccccc3[C@@H]3C=CC[C@@H]32)cc1. The van der Waals surface area contributed by atoms with Crippen molar-refractivity contribution in [3.8, 4) is 5.75 Å². The molecule has 0 radical (unpaired) electrons. The van der Waals surface area contributed by atoms with Crippen molar-refractivity contribution < 1.29 is 4.74 Å². The molecule has 6 rings (SSSR count). The number of aliphatic imine (C=N–C) groups is 1. The second-order valence-corrected chi connectivity index (χ2v) is 8.82. The summed E-state index contributed by atoms with van der Waals surface area (Å²) in [6.07, 6.45) is 7.75. The van der Waals surface area contributed by atoms with Gasteiger partial charge in [-0.15, -0.1) is 0 Å². The first-order valence-electron chi connectivity index (χ1n) is 11.5. The number of rotatable bonds is 4. The molecule has 0 saturated heterocycles. The molecule has 0 fully saturated rings. The molecule has 3 heteroatoms. The lowest BCUT2D eigenvalue weighted by Crippen LogP contribution is -2.28. The van der Waals surface area contributed by atoms with E-state index in [1.165, 1.54) is 22.2 Å². The molecule has 1 aliphatic carbocycles. The molecule has 1 heterocycles. The smallest absolute Gasteiger partial charge is 0.128 e. The number of para-hydroxylation sites is 1. The molecule has 1 N–H and O–H groups in total. The second-order valence-electron chi connectivity index (χ2n) is 8.82. The van der Waals surface area contributed by atoms with Crippen LogP contribution in [0.2, 0.25) is 0 Å². The van der Waals surface area contributed by atoms with Crippen molar-refractivity contribution in [1.82, 2.24) is 0 Å². The first-order valence-corrected chi connectivity index (χ1v) is 11.5. The Kier molecular flexibility index (Phi) is 4.95. The molecule has 0 aromatic heterocycles. The number of ether oxygens (including phenoxy) is 1. The number of hydrogen-bond acceptors (Lipinski definition) is 3. The van der Waals surface area contributed by atoms with E-state index in [1.807, 2.05) is 18.3 Å². The van der Waals surface area contributed by atoms with Gasteiger partial charge in [-0.05, 0) is 58.5 Å². The van der Waals surface area contributed by atoms with E-state index in [-0.39, 0.29) is 0 Å².